The fourth-order valence-corrected chi connectivity index (χ4v) is 2.08. The Bertz CT molecular complexity index is 626. The number of carboxylic acids is 1. The van der Waals surface area contributed by atoms with Crippen LogP contribution in [0.3, 0.4) is 0 Å². The molecule has 2 aromatic carbocycles. The number of benzene rings is 2. The quantitative estimate of drug-likeness (QED) is 0.890. The average molecular weight is 304 g/mol. The van der Waals surface area contributed by atoms with Crippen LogP contribution in [0.25, 0.3) is 0 Å². The number of aliphatic carboxylic acids is 1. The molecule has 0 heterocycles. The van der Waals surface area contributed by atoms with E-state index in [4.69, 9.17) is 16.7 Å². The van der Waals surface area contributed by atoms with Crippen molar-refractivity contribution in [3.8, 4) is 0 Å². The fourth-order valence-electron chi connectivity index (χ4n) is 1.95. The second kappa shape index (κ2) is 6.90. The monoisotopic (exact) mass is 303 g/mol. The zero-order chi connectivity index (χ0) is 15.2. The predicted molar refractivity (Wildman–Crippen MR) is 80.4 cm³/mol. The maximum atomic E-state index is 12.1. The molecular formula is C16H14ClNO3. The summed E-state index contributed by atoms with van der Waals surface area (Å²) in [5, 5.41) is 12.3. The normalized spacial score (nSPS) is 11.7. The highest BCUT2D eigenvalue weighted by molar-refractivity contribution is 6.30. The number of hydrogen-bond donors (Lipinski definition) is 2. The molecule has 1 atom stereocenters. The third kappa shape index (κ3) is 4.33. The topological polar surface area (TPSA) is 66.4 Å². The number of halogens is 1. The molecule has 1 amide bonds. The van der Waals surface area contributed by atoms with Crippen molar-refractivity contribution in [3.05, 3.63) is 70.7 Å². The van der Waals surface area contributed by atoms with Gasteiger partial charge in [-0.3, -0.25) is 9.59 Å². The molecule has 0 aliphatic rings. The summed E-state index contributed by atoms with van der Waals surface area (Å²) in [4.78, 5) is 23.1. The molecule has 0 aliphatic heterocycles. The molecule has 0 spiro atoms. The van der Waals surface area contributed by atoms with E-state index in [1.165, 1.54) is 0 Å². The van der Waals surface area contributed by atoms with Crippen LogP contribution in [0.5, 0.6) is 0 Å². The molecule has 4 nitrogen and oxygen atoms in total. The lowest BCUT2D eigenvalue weighted by Crippen LogP contribution is -2.30. The Morgan fingerprint density at radius 3 is 2.24 bits per heavy atom. The third-order valence-electron chi connectivity index (χ3n) is 2.99. The van der Waals surface area contributed by atoms with Crippen molar-refractivity contribution >= 4 is 23.5 Å². The molecule has 0 bridgehead atoms. The number of carbonyl (C=O) groups is 2. The Balaban J connectivity index is 2.18. The van der Waals surface area contributed by atoms with Gasteiger partial charge in [0.1, 0.15) is 0 Å². The Morgan fingerprint density at radius 1 is 1.05 bits per heavy atom. The lowest BCUT2D eigenvalue weighted by molar-refractivity contribution is -0.137. The second-order valence-corrected chi connectivity index (χ2v) is 4.98. The van der Waals surface area contributed by atoms with E-state index in [1.54, 1.807) is 48.5 Å². The van der Waals surface area contributed by atoms with Gasteiger partial charge < -0.3 is 10.4 Å². The third-order valence-corrected chi connectivity index (χ3v) is 3.24. The first-order valence-electron chi connectivity index (χ1n) is 6.39. The van der Waals surface area contributed by atoms with Crippen LogP contribution < -0.4 is 5.32 Å². The van der Waals surface area contributed by atoms with Gasteiger partial charge >= 0.3 is 5.97 Å². The van der Waals surface area contributed by atoms with Crippen molar-refractivity contribution in [2.45, 2.75) is 12.5 Å². The summed E-state index contributed by atoms with van der Waals surface area (Å²) in [7, 11) is 0. The lowest BCUT2D eigenvalue weighted by Gasteiger charge is -2.17. The lowest BCUT2D eigenvalue weighted by atomic mass is 10.0. The number of rotatable bonds is 5. The summed E-state index contributed by atoms with van der Waals surface area (Å²) in [6, 6.07) is 14.8. The first-order valence-corrected chi connectivity index (χ1v) is 6.77. The predicted octanol–water partition coefficient (Wildman–Crippen LogP) is 3.29. The largest absolute Gasteiger partial charge is 0.481 e. The first-order chi connectivity index (χ1) is 10.1. The summed E-state index contributed by atoms with van der Waals surface area (Å²) in [6.07, 6.45) is -0.194. The summed E-state index contributed by atoms with van der Waals surface area (Å²) in [5.41, 5.74) is 1.19. The molecular weight excluding hydrogens is 290 g/mol. The maximum absolute atomic E-state index is 12.1. The number of hydrogen-bond acceptors (Lipinski definition) is 2. The fraction of sp³-hybridized carbons (Fsp3) is 0.125. The van der Waals surface area contributed by atoms with Crippen LogP contribution in [0, 0.1) is 0 Å². The van der Waals surface area contributed by atoms with Crippen molar-refractivity contribution in [1.82, 2.24) is 5.32 Å². The smallest absolute Gasteiger partial charge is 0.305 e. The van der Waals surface area contributed by atoms with Gasteiger partial charge in [-0.15, -0.1) is 0 Å². The maximum Gasteiger partial charge on any atom is 0.305 e. The minimum atomic E-state index is -0.983. The summed E-state index contributed by atoms with van der Waals surface area (Å²) >= 11 is 5.82. The minimum Gasteiger partial charge on any atom is -0.481 e. The zero-order valence-corrected chi connectivity index (χ0v) is 11.9. The summed E-state index contributed by atoms with van der Waals surface area (Å²) in [5.74, 6) is -1.29. The van der Waals surface area contributed by atoms with Crippen molar-refractivity contribution < 1.29 is 14.7 Å². The van der Waals surface area contributed by atoms with Gasteiger partial charge in [0.15, 0.2) is 0 Å². The molecule has 2 N–H and O–H groups in total. The Kier molecular flexibility index (Phi) is 4.95. The second-order valence-electron chi connectivity index (χ2n) is 4.54. The average Bonchev–Trinajstić information content (AvgIpc) is 2.48. The van der Waals surface area contributed by atoms with Crippen LogP contribution in [0.4, 0.5) is 0 Å². The van der Waals surface area contributed by atoms with Gasteiger partial charge in [0.05, 0.1) is 12.5 Å². The number of carboxylic acid groups (broad SMARTS) is 1. The number of amides is 1. The van der Waals surface area contributed by atoms with Gasteiger partial charge in [0.25, 0.3) is 5.91 Å². The standard InChI is InChI=1S/C16H14ClNO3/c17-13-8-6-11(7-9-13)14(10-15(19)20)18-16(21)12-4-2-1-3-5-12/h1-9,14H,10H2,(H,18,21)(H,19,20)/t14-/m1/s1. The van der Waals surface area contributed by atoms with E-state index in [0.29, 0.717) is 16.1 Å². The van der Waals surface area contributed by atoms with Crippen molar-refractivity contribution in [3.63, 3.8) is 0 Å². The molecule has 0 unspecified atom stereocenters. The molecule has 108 valence electrons. The molecule has 0 fully saturated rings. The highest BCUT2D eigenvalue weighted by Crippen LogP contribution is 2.20. The Morgan fingerprint density at radius 2 is 1.67 bits per heavy atom. The molecule has 2 rings (SSSR count). The van der Waals surface area contributed by atoms with E-state index in [1.807, 2.05) is 6.07 Å². The molecule has 0 saturated carbocycles. The van der Waals surface area contributed by atoms with E-state index < -0.39 is 12.0 Å². The number of carbonyl (C=O) groups excluding carboxylic acids is 1. The van der Waals surface area contributed by atoms with Crippen molar-refractivity contribution in [2.75, 3.05) is 0 Å². The Labute approximate surface area is 127 Å². The zero-order valence-electron chi connectivity index (χ0n) is 11.1. The highest BCUT2D eigenvalue weighted by atomic mass is 35.5. The summed E-state index contributed by atoms with van der Waals surface area (Å²) in [6.45, 7) is 0. The van der Waals surface area contributed by atoms with Crippen LogP contribution in [0.1, 0.15) is 28.4 Å². The van der Waals surface area contributed by atoms with E-state index in [2.05, 4.69) is 5.32 Å². The molecule has 0 radical (unpaired) electrons. The van der Waals surface area contributed by atoms with Crippen molar-refractivity contribution in [2.24, 2.45) is 0 Å². The summed E-state index contributed by atoms with van der Waals surface area (Å²) < 4.78 is 0. The van der Waals surface area contributed by atoms with Crippen LogP contribution in [-0.4, -0.2) is 17.0 Å². The molecule has 2 aromatic rings. The van der Waals surface area contributed by atoms with Crippen LogP contribution in [-0.2, 0) is 4.79 Å². The molecule has 0 aromatic heterocycles. The number of nitrogens with one attached hydrogen (secondary N) is 1. The van der Waals surface area contributed by atoms with Gasteiger partial charge in [0.2, 0.25) is 0 Å². The Hall–Kier alpha value is -2.33. The van der Waals surface area contributed by atoms with Gasteiger partial charge in [0, 0.05) is 10.6 Å². The van der Waals surface area contributed by atoms with E-state index >= 15 is 0 Å². The van der Waals surface area contributed by atoms with Crippen molar-refractivity contribution in [1.29, 1.82) is 0 Å². The molecule has 0 aliphatic carbocycles. The molecule has 0 saturated heterocycles. The van der Waals surface area contributed by atoms with Gasteiger partial charge in [-0.1, -0.05) is 41.9 Å². The van der Waals surface area contributed by atoms with E-state index in [9.17, 15) is 9.59 Å². The van der Waals surface area contributed by atoms with E-state index in [0.717, 1.165) is 0 Å². The van der Waals surface area contributed by atoms with Crippen LogP contribution >= 0.6 is 11.6 Å². The van der Waals surface area contributed by atoms with Crippen LogP contribution in [0.15, 0.2) is 54.6 Å². The highest BCUT2D eigenvalue weighted by Gasteiger charge is 2.18. The SMILES string of the molecule is O=C(O)C[C@@H](NC(=O)c1ccccc1)c1ccc(Cl)cc1. The molecule has 21 heavy (non-hydrogen) atoms. The van der Waals surface area contributed by atoms with Crippen LogP contribution in [0.2, 0.25) is 5.02 Å². The van der Waals surface area contributed by atoms with Gasteiger partial charge in [-0.2, -0.15) is 0 Å². The van der Waals surface area contributed by atoms with Gasteiger partial charge in [-0.05, 0) is 29.8 Å². The van der Waals surface area contributed by atoms with E-state index in [-0.39, 0.29) is 12.3 Å². The van der Waals surface area contributed by atoms with Gasteiger partial charge in [-0.25, -0.2) is 0 Å². The first kappa shape index (κ1) is 15.1. The molecule has 5 heteroatoms. The minimum absolute atomic E-state index is 0.194.